The largest absolute Gasteiger partial charge is 0.338 e. The topological polar surface area (TPSA) is 37.4 Å². The second-order valence-corrected chi connectivity index (χ2v) is 4.49. The second-order valence-electron chi connectivity index (χ2n) is 2.08. The SMILES string of the molecule is CN1C(=O)CC(S[IH+])C1=O. The van der Waals surface area contributed by atoms with Gasteiger partial charge in [-0.2, -0.15) is 0 Å². The van der Waals surface area contributed by atoms with Gasteiger partial charge in [0, 0.05) is 7.05 Å². The zero-order chi connectivity index (χ0) is 7.72. The van der Waals surface area contributed by atoms with Crippen LogP contribution >= 0.6 is 8.93 Å². The van der Waals surface area contributed by atoms with E-state index in [1.54, 1.807) is 21.2 Å². The number of carbonyl (C=O) groups excluding carboxylic acids is 2. The van der Waals surface area contributed by atoms with E-state index >= 15 is 0 Å². The van der Waals surface area contributed by atoms with Crippen LogP contribution in [0.4, 0.5) is 0 Å². The molecule has 1 rings (SSSR count). The number of nitrogens with zero attached hydrogens (tertiary/aromatic N) is 1. The van der Waals surface area contributed by atoms with Crippen LogP contribution in [-0.4, -0.2) is 29.0 Å². The van der Waals surface area contributed by atoms with E-state index in [1.807, 2.05) is 0 Å². The highest BCUT2D eigenvalue weighted by molar-refractivity contribution is 7.93. The van der Waals surface area contributed by atoms with E-state index in [9.17, 15) is 9.59 Å². The van der Waals surface area contributed by atoms with Crippen molar-refractivity contribution in [1.29, 1.82) is 0 Å². The Morgan fingerprint density at radius 2 is 2.30 bits per heavy atom. The van der Waals surface area contributed by atoms with Crippen molar-refractivity contribution in [3.63, 3.8) is 0 Å². The standard InChI is InChI=1S/C5H7INO2S/c1-7-4(8)2-3(10-6)5(7)9/h3,6H,2H2,1H3/q+1. The summed E-state index contributed by atoms with van der Waals surface area (Å²) in [4.78, 5) is 23.1. The van der Waals surface area contributed by atoms with Crippen molar-refractivity contribution in [2.45, 2.75) is 11.7 Å². The van der Waals surface area contributed by atoms with Crippen molar-refractivity contribution in [3.8, 4) is 0 Å². The van der Waals surface area contributed by atoms with Gasteiger partial charge in [0.15, 0.2) is 0 Å². The predicted molar refractivity (Wildman–Crippen MR) is 35.2 cm³/mol. The third-order valence-corrected chi connectivity index (χ3v) is 4.05. The number of carbonyl (C=O) groups is 2. The number of halogens is 1. The normalized spacial score (nSPS) is 26.2. The van der Waals surface area contributed by atoms with Crippen LogP contribution in [0, 0.1) is 0 Å². The molecule has 1 atom stereocenters. The Morgan fingerprint density at radius 1 is 1.70 bits per heavy atom. The van der Waals surface area contributed by atoms with E-state index in [0.29, 0.717) is 6.42 Å². The second kappa shape index (κ2) is 3.08. The van der Waals surface area contributed by atoms with Crippen LogP contribution in [0.1, 0.15) is 6.42 Å². The lowest BCUT2D eigenvalue weighted by molar-refractivity contribution is -0.141. The van der Waals surface area contributed by atoms with Crippen LogP contribution in [0.2, 0.25) is 0 Å². The molecule has 1 saturated heterocycles. The van der Waals surface area contributed by atoms with Gasteiger partial charge in [-0.25, -0.2) is 0 Å². The summed E-state index contributed by atoms with van der Waals surface area (Å²) in [5.41, 5.74) is 0. The lowest BCUT2D eigenvalue weighted by Crippen LogP contribution is -3.28. The van der Waals surface area contributed by atoms with Gasteiger partial charge >= 0.3 is 21.2 Å². The maximum atomic E-state index is 11.0. The monoisotopic (exact) mass is 272 g/mol. The maximum Gasteiger partial charge on any atom is 0.338 e. The molecule has 10 heavy (non-hydrogen) atoms. The maximum absolute atomic E-state index is 11.0. The number of amides is 2. The van der Waals surface area contributed by atoms with Gasteiger partial charge in [0.2, 0.25) is 11.8 Å². The summed E-state index contributed by atoms with van der Waals surface area (Å²) in [5, 5.41) is -0.123. The molecule has 3 nitrogen and oxygen atoms in total. The first-order chi connectivity index (χ1) is 4.66. The van der Waals surface area contributed by atoms with Crippen molar-refractivity contribution in [2.75, 3.05) is 7.05 Å². The van der Waals surface area contributed by atoms with Gasteiger partial charge in [-0.05, 0) is 0 Å². The van der Waals surface area contributed by atoms with Gasteiger partial charge in [0.1, 0.15) is 14.2 Å². The Labute approximate surface area is 75.1 Å². The van der Waals surface area contributed by atoms with Crippen LogP contribution in [-0.2, 0) is 9.59 Å². The summed E-state index contributed by atoms with van der Waals surface area (Å²) in [6.45, 7) is 0. The number of hydrogen-bond donors (Lipinski definition) is 0. The molecule has 0 aliphatic carbocycles. The third-order valence-electron chi connectivity index (χ3n) is 1.46. The van der Waals surface area contributed by atoms with Crippen LogP contribution in [0.5, 0.6) is 0 Å². The van der Waals surface area contributed by atoms with E-state index in [0.717, 1.165) is 0 Å². The van der Waals surface area contributed by atoms with E-state index in [4.69, 9.17) is 0 Å². The molecular weight excluding hydrogens is 265 g/mol. The molecule has 56 valence electrons. The lowest BCUT2D eigenvalue weighted by Gasteiger charge is -2.02. The van der Waals surface area contributed by atoms with Crippen LogP contribution in [0.3, 0.4) is 0 Å². The molecule has 0 spiro atoms. The van der Waals surface area contributed by atoms with Crippen molar-refractivity contribution in [3.05, 3.63) is 0 Å². The summed E-state index contributed by atoms with van der Waals surface area (Å²) < 4.78 is 0. The molecule has 1 unspecified atom stereocenters. The van der Waals surface area contributed by atoms with Crippen molar-refractivity contribution >= 4 is 20.7 Å². The number of rotatable bonds is 1. The summed E-state index contributed by atoms with van der Waals surface area (Å²) in [7, 11) is 2.98. The minimum Gasteiger partial charge on any atom is -0.285 e. The Balaban J connectivity index is 2.71. The fourth-order valence-electron chi connectivity index (χ4n) is 0.797. The highest BCUT2D eigenvalue weighted by Gasteiger charge is 2.38. The highest BCUT2D eigenvalue weighted by atomic mass is 127. The zero-order valence-electron chi connectivity index (χ0n) is 5.36. The molecule has 0 saturated carbocycles. The molecule has 0 N–H and O–H groups in total. The van der Waals surface area contributed by atoms with Gasteiger partial charge in [-0.1, -0.05) is 0 Å². The Kier molecular flexibility index (Phi) is 2.56. The lowest BCUT2D eigenvalue weighted by atomic mass is 10.4. The van der Waals surface area contributed by atoms with E-state index in [1.165, 1.54) is 20.9 Å². The summed E-state index contributed by atoms with van der Waals surface area (Å²) in [6.07, 6.45) is 0.374. The van der Waals surface area contributed by atoms with Gasteiger partial charge in [0.25, 0.3) is 0 Å². The quantitative estimate of drug-likeness (QED) is 0.370. The minimum absolute atomic E-state index is 0.0554. The summed E-state index contributed by atoms with van der Waals surface area (Å²) in [6, 6.07) is 0. The minimum atomic E-state index is -0.123. The Hall–Kier alpha value is 0.220. The van der Waals surface area contributed by atoms with Crippen molar-refractivity contribution < 1.29 is 30.8 Å². The molecule has 0 bridgehead atoms. The van der Waals surface area contributed by atoms with Crippen LogP contribution in [0.25, 0.3) is 0 Å². The third kappa shape index (κ3) is 1.29. The van der Waals surface area contributed by atoms with E-state index in [2.05, 4.69) is 0 Å². The molecular formula is C5H7INO2S+. The van der Waals surface area contributed by atoms with Crippen LogP contribution < -0.4 is 21.2 Å². The van der Waals surface area contributed by atoms with Gasteiger partial charge in [0.05, 0.1) is 6.42 Å². The smallest absolute Gasteiger partial charge is 0.285 e. The number of likely N-dealkylation sites (tertiary alicyclic amines) is 1. The first-order valence-electron chi connectivity index (χ1n) is 2.76. The molecule has 1 heterocycles. The van der Waals surface area contributed by atoms with Crippen molar-refractivity contribution in [1.82, 2.24) is 4.90 Å². The molecule has 1 fully saturated rings. The average Bonchev–Trinajstić information content (AvgIpc) is 2.17. The highest BCUT2D eigenvalue weighted by Crippen LogP contribution is 2.17. The molecule has 1 aliphatic rings. The fourth-order valence-corrected chi connectivity index (χ4v) is 2.54. The Morgan fingerprint density at radius 3 is 2.50 bits per heavy atom. The molecule has 0 aromatic rings. The Bertz CT molecular complexity index is 184. The molecule has 5 heteroatoms. The zero-order valence-corrected chi connectivity index (χ0v) is 8.51. The molecule has 1 aliphatic heterocycles. The van der Waals surface area contributed by atoms with E-state index in [-0.39, 0.29) is 17.1 Å². The summed E-state index contributed by atoms with van der Waals surface area (Å²) >= 11 is 1.78. The summed E-state index contributed by atoms with van der Waals surface area (Å²) in [5.74, 6) is -0.119. The van der Waals surface area contributed by atoms with Crippen molar-refractivity contribution in [2.24, 2.45) is 0 Å². The molecule has 0 aromatic heterocycles. The van der Waals surface area contributed by atoms with E-state index < -0.39 is 0 Å². The first kappa shape index (κ1) is 8.32. The van der Waals surface area contributed by atoms with Gasteiger partial charge in [-0.3, -0.25) is 14.5 Å². The average molecular weight is 272 g/mol. The van der Waals surface area contributed by atoms with Crippen LogP contribution in [0.15, 0.2) is 0 Å². The van der Waals surface area contributed by atoms with Gasteiger partial charge < -0.3 is 0 Å². The molecule has 2 amide bonds. The molecule has 0 aromatic carbocycles. The van der Waals surface area contributed by atoms with Gasteiger partial charge in [-0.15, -0.1) is 0 Å². The first-order valence-corrected chi connectivity index (χ1v) is 6.41. The fraction of sp³-hybridized carbons (Fsp3) is 0.600. The number of imide groups is 1. The number of hydrogen-bond acceptors (Lipinski definition) is 3. The predicted octanol–water partition coefficient (Wildman–Crippen LogP) is -3.32. The molecule has 0 radical (unpaired) electrons.